The third-order valence-corrected chi connectivity index (χ3v) is 4.47. The first-order valence-corrected chi connectivity index (χ1v) is 9.26. The normalized spacial score (nSPS) is 14.3. The lowest BCUT2D eigenvalue weighted by Crippen LogP contribution is -2.43. The van der Waals surface area contributed by atoms with Crippen LogP contribution < -0.4 is 20.7 Å². The average Bonchev–Trinajstić information content (AvgIpc) is 3.35. The molecule has 0 radical (unpaired) electrons. The lowest BCUT2D eigenvalue weighted by Gasteiger charge is -2.16. The van der Waals surface area contributed by atoms with E-state index in [0.29, 0.717) is 18.4 Å². The van der Waals surface area contributed by atoms with Gasteiger partial charge in [-0.05, 0) is 12.1 Å². The maximum Gasteiger partial charge on any atom is 0.435 e. The van der Waals surface area contributed by atoms with E-state index in [1.54, 1.807) is 18.3 Å². The zero-order valence-corrected chi connectivity index (χ0v) is 16.5. The number of halogens is 4. The number of aromatic nitrogens is 2. The van der Waals surface area contributed by atoms with Crippen molar-refractivity contribution in [1.82, 2.24) is 25.7 Å². The number of carboxylic acids is 1. The summed E-state index contributed by atoms with van der Waals surface area (Å²) in [5.74, 6) is -2.49. The van der Waals surface area contributed by atoms with Crippen LogP contribution in [0, 0.1) is 0 Å². The van der Waals surface area contributed by atoms with Crippen molar-refractivity contribution in [3.05, 3.63) is 52.9 Å². The van der Waals surface area contributed by atoms with Crippen LogP contribution in [0.4, 0.5) is 13.2 Å². The SMILES string of the molecule is O=C(COc1cc(C(F)(F)F)nn1-c1ccccc1Cl)N[C@@H](CC1=CNCN1)C(=O)O. The standard InChI is InChI=1S/C18H17ClF3N5O4/c19-11-3-1-2-4-13(11)27-16(6-14(26-27)18(20,21)22)31-8-15(28)25-12(17(29)30)5-10-7-23-9-24-10/h1-4,6-7,12,23-24H,5,8-9H2,(H,25,28)(H,29,30)/t12-/m0/s1. The zero-order valence-electron chi connectivity index (χ0n) is 15.7. The predicted molar refractivity (Wildman–Crippen MR) is 102 cm³/mol. The number of carbonyl (C=O) groups is 2. The van der Waals surface area contributed by atoms with Gasteiger partial charge in [-0.2, -0.15) is 23.0 Å². The fourth-order valence-corrected chi connectivity index (χ4v) is 2.93. The van der Waals surface area contributed by atoms with Crippen molar-refractivity contribution in [3.8, 4) is 11.6 Å². The molecule has 0 saturated heterocycles. The third-order valence-electron chi connectivity index (χ3n) is 4.15. The smallest absolute Gasteiger partial charge is 0.435 e. The van der Waals surface area contributed by atoms with E-state index in [-0.39, 0.29) is 23.0 Å². The van der Waals surface area contributed by atoms with Crippen LogP contribution >= 0.6 is 11.6 Å². The Bertz CT molecular complexity index is 1010. The highest BCUT2D eigenvalue weighted by Gasteiger charge is 2.36. The number of benzene rings is 1. The molecule has 1 aliphatic rings. The Kier molecular flexibility index (Phi) is 6.59. The molecule has 0 fully saturated rings. The van der Waals surface area contributed by atoms with Crippen LogP contribution in [0.25, 0.3) is 5.69 Å². The number of rotatable bonds is 8. The highest BCUT2D eigenvalue weighted by atomic mass is 35.5. The van der Waals surface area contributed by atoms with Crippen LogP contribution in [0.1, 0.15) is 12.1 Å². The molecular formula is C18H17ClF3N5O4. The number of alkyl halides is 3. The quantitative estimate of drug-likeness (QED) is 0.476. The van der Waals surface area contributed by atoms with Gasteiger partial charge >= 0.3 is 12.1 Å². The molecule has 2 heterocycles. The first-order chi connectivity index (χ1) is 14.6. The van der Waals surface area contributed by atoms with Crippen LogP contribution in [0.5, 0.6) is 5.88 Å². The molecule has 0 saturated carbocycles. The molecule has 3 rings (SSSR count). The van der Waals surface area contributed by atoms with Crippen molar-refractivity contribution < 1.29 is 32.6 Å². The van der Waals surface area contributed by atoms with E-state index in [2.05, 4.69) is 21.0 Å². The minimum Gasteiger partial charge on any atom is -0.480 e. The number of ether oxygens (including phenoxy) is 1. The van der Waals surface area contributed by atoms with E-state index in [0.717, 1.165) is 4.68 Å². The molecule has 1 aliphatic heterocycles. The Labute approximate surface area is 178 Å². The third kappa shape index (κ3) is 5.60. The molecule has 31 heavy (non-hydrogen) atoms. The van der Waals surface area contributed by atoms with E-state index < -0.39 is 36.4 Å². The molecule has 166 valence electrons. The number of carbonyl (C=O) groups excluding carboxylic acids is 1. The molecule has 9 nitrogen and oxygen atoms in total. The van der Waals surface area contributed by atoms with Crippen molar-refractivity contribution in [2.24, 2.45) is 0 Å². The summed E-state index contributed by atoms with van der Waals surface area (Å²) in [4.78, 5) is 23.6. The molecule has 13 heteroatoms. The lowest BCUT2D eigenvalue weighted by molar-refractivity contribution is -0.142. The summed E-state index contributed by atoms with van der Waals surface area (Å²) in [6, 6.07) is 5.40. The van der Waals surface area contributed by atoms with Gasteiger partial charge in [0.2, 0.25) is 5.88 Å². The van der Waals surface area contributed by atoms with Gasteiger partial charge in [0, 0.05) is 24.4 Å². The number of nitrogens with one attached hydrogen (secondary N) is 3. The van der Waals surface area contributed by atoms with Crippen LogP contribution in [0.2, 0.25) is 5.02 Å². The van der Waals surface area contributed by atoms with Crippen LogP contribution in [-0.4, -0.2) is 46.1 Å². The van der Waals surface area contributed by atoms with Crippen molar-refractivity contribution in [2.45, 2.75) is 18.6 Å². The van der Waals surface area contributed by atoms with Gasteiger partial charge in [-0.25, -0.2) is 4.79 Å². The highest BCUT2D eigenvalue weighted by molar-refractivity contribution is 6.32. The summed E-state index contributed by atoms with van der Waals surface area (Å²) in [5.41, 5.74) is -0.538. The number of carboxylic acid groups (broad SMARTS) is 1. The van der Waals surface area contributed by atoms with Gasteiger partial charge in [0.05, 0.1) is 17.4 Å². The van der Waals surface area contributed by atoms with Gasteiger partial charge in [-0.1, -0.05) is 23.7 Å². The Morgan fingerprint density at radius 3 is 2.71 bits per heavy atom. The largest absolute Gasteiger partial charge is 0.480 e. The second kappa shape index (κ2) is 9.16. The van der Waals surface area contributed by atoms with Gasteiger partial charge in [0.25, 0.3) is 5.91 Å². The molecule has 2 aromatic rings. The molecule has 0 spiro atoms. The Balaban J connectivity index is 1.74. The highest BCUT2D eigenvalue weighted by Crippen LogP contribution is 2.33. The second-order valence-electron chi connectivity index (χ2n) is 6.41. The zero-order chi connectivity index (χ0) is 22.6. The topological polar surface area (TPSA) is 118 Å². The fraction of sp³-hybridized carbons (Fsp3) is 0.278. The van der Waals surface area contributed by atoms with Crippen LogP contribution in [0.15, 0.2) is 42.2 Å². The van der Waals surface area contributed by atoms with Gasteiger partial charge in [-0.15, -0.1) is 0 Å². The van der Waals surface area contributed by atoms with Gasteiger partial charge in [0.15, 0.2) is 12.3 Å². The second-order valence-corrected chi connectivity index (χ2v) is 6.81. The monoisotopic (exact) mass is 459 g/mol. The molecule has 1 aromatic carbocycles. The van der Waals surface area contributed by atoms with Crippen LogP contribution in [-0.2, 0) is 15.8 Å². The fourth-order valence-electron chi connectivity index (χ4n) is 2.72. The van der Waals surface area contributed by atoms with Crippen molar-refractivity contribution in [2.75, 3.05) is 13.3 Å². The van der Waals surface area contributed by atoms with E-state index in [9.17, 15) is 27.9 Å². The molecular weight excluding hydrogens is 443 g/mol. The van der Waals surface area contributed by atoms with Gasteiger partial charge < -0.3 is 25.8 Å². The van der Waals surface area contributed by atoms with E-state index >= 15 is 0 Å². The van der Waals surface area contributed by atoms with E-state index in [4.69, 9.17) is 16.3 Å². The molecule has 0 aliphatic carbocycles. The minimum atomic E-state index is -4.75. The number of para-hydroxylation sites is 1. The summed E-state index contributed by atoms with van der Waals surface area (Å²) in [7, 11) is 0. The van der Waals surface area contributed by atoms with E-state index in [1.165, 1.54) is 12.1 Å². The number of nitrogens with zero attached hydrogens (tertiary/aromatic N) is 2. The Morgan fingerprint density at radius 2 is 2.10 bits per heavy atom. The number of hydrogen-bond donors (Lipinski definition) is 4. The lowest BCUT2D eigenvalue weighted by atomic mass is 10.1. The first kappa shape index (κ1) is 22.3. The van der Waals surface area contributed by atoms with Gasteiger partial charge in [-0.3, -0.25) is 4.79 Å². The molecule has 1 atom stereocenters. The summed E-state index contributed by atoms with van der Waals surface area (Å²) in [5, 5.41) is 20.9. The molecule has 0 unspecified atom stereocenters. The summed E-state index contributed by atoms with van der Waals surface area (Å²) in [6.45, 7) is -0.297. The van der Waals surface area contributed by atoms with Crippen molar-refractivity contribution >= 4 is 23.5 Å². The molecule has 0 bridgehead atoms. The predicted octanol–water partition coefficient (Wildman–Crippen LogP) is 1.87. The number of hydrogen-bond acceptors (Lipinski definition) is 6. The molecule has 1 amide bonds. The summed E-state index contributed by atoms with van der Waals surface area (Å²) >= 11 is 6.04. The average molecular weight is 460 g/mol. The van der Waals surface area contributed by atoms with E-state index in [1.807, 2.05) is 0 Å². The molecule has 4 N–H and O–H groups in total. The maximum absolute atomic E-state index is 13.1. The Hall–Kier alpha value is -3.41. The molecule has 1 aromatic heterocycles. The number of amides is 1. The first-order valence-electron chi connectivity index (χ1n) is 8.88. The van der Waals surface area contributed by atoms with Gasteiger partial charge in [0.1, 0.15) is 6.04 Å². The van der Waals surface area contributed by atoms with Crippen LogP contribution in [0.3, 0.4) is 0 Å². The summed E-state index contributed by atoms with van der Waals surface area (Å²) in [6.07, 6.45) is -3.18. The Morgan fingerprint density at radius 1 is 1.35 bits per heavy atom. The summed E-state index contributed by atoms with van der Waals surface area (Å²) < 4.78 is 45.4. The van der Waals surface area contributed by atoms with Crippen molar-refractivity contribution in [1.29, 1.82) is 0 Å². The van der Waals surface area contributed by atoms with Crippen molar-refractivity contribution in [3.63, 3.8) is 0 Å². The number of aliphatic carboxylic acids is 1. The minimum absolute atomic E-state index is 0.0101. The maximum atomic E-state index is 13.1.